The molecule has 2 aliphatic rings. The van der Waals surface area contributed by atoms with E-state index in [1.807, 2.05) is 23.1 Å². The van der Waals surface area contributed by atoms with Crippen molar-refractivity contribution in [2.45, 2.75) is 13.3 Å². The van der Waals surface area contributed by atoms with Crippen LogP contribution >= 0.6 is 0 Å². The van der Waals surface area contributed by atoms with E-state index < -0.39 is 0 Å². The SMILES string of the molecule is CCc1ccc(NC(=O)N2CCN(c3ccc(N4CCN(C)CC4)nn3)CC2)cc1. The smallest absolute Gasteiger partial charge is 0.321 e. The zero-order valence-electron chi connectivity index (χ0n) is 17.9. The number of anilines is 3. The Labute approximate surface area is 178 Å². The minimum absolute atomic E-state index is 0.0459. The maximum atomic E-state index is 12.6. The second-order valence-corrected chi connectivity index (χ2v) is 7.99. The second kappa shape index (κ2) is 9.30. The number of aryl methyl sites for hydroxylation is 1. The van der Waals surface area contributed by atoms with Crippen LogP contribution in [0, 0.1) is 0 Å². The van der Waals surface area contributed by atoms with Gasteiger partial charge in [-0.25, -0.2) is 4.79 Å². The van der Waals surface area contributed by atoms with Crippen molar-refractivity contribution in [1.29, 1.82) is 0 Å². The van der Waals surface area contributed by atoms with Gasteiger partial charge in [0.1, 0.15) is 0 Å². The highest BCUT2D eigenvalue weighted by Crippen LogP contribution is 2.18. The molecule has 0 saturated carbocycles. The second-order valence-electron chi connectivity index (χ2n) is 7.99. The lowest BCUT2D eigenvalue weighted by atomic mass is 10.1. The van der Waals surface area contributed by atoms with Crippen molar-refractivity contribution in [3.8, 4) is 0 Å². The lowest BCUT2D eigenvalue weighted by Gasteiger charge is -2.35. The van der Waals surface area contributed by atoms with E-state index in [1.165, 1.54) is 5.56 Å². The van der Waals surface area contributed by atoms with Crippen LogP contribution in [0.1, 0.15) is 12.5 Å². The predicted molar refractivity (Wildman–Crippen MR) is 120 cm³/mol. The summed E-state index contributed by atoms with van der Waals surface area (Å²) in [5.41, 5.74) is 2.10. The van der Waals surface area contributed by atoms with Gasteiger partial charge in [-0.15, -0.1) is 10.2 Å². The number of aromatic nitrogens is 2. The molecular weight excluding hydrogens is 378 g/mol. The van der Waals surface area contributed by atoms with E-state index >= 15 is 0 Å². The van der Waals surface area contributed by atoms with Crippen molar-refractivity contribution in [2.24, 2.45) is 0 Å². The fourth-order valence-electron chi connectivity index (χ4n) is 3.86. The van der Waals surface area contributed by atoms with Gasteiger partial charge in [0.25, 0.3) is 0 Å². The van der Waals surface area contributed by atoms with E-state index in [2.05, 4.69) is 62.4 Å². The van der Waals surface area contributed by atoms with Crippen LogP contribution in [0.2, 0.25) is 0 Å². The first kappa shape index (κ1) is 20.4. The topological polar surface area (TPSA) is 67.8 Å². The van der Waals surface area contributed by atoms with Crippen molar-refractivity contribution in [3.63, 3.8) is 0 Å². The molecule has 0 bridgehead atoms. The Morgan fingerprint density at radius 2 is 1.37 bits per heavy atom. The van der Waals surface area contributed by atoms with Gasteiger partial charge in [-0.1, -0.05) is 19.1 Å². The van der Waals surface area contributed by atoms with Crippen LogP contribution < -0.4 is 15.1 Å². The van der Waals surface area contributed by atoms with Gasteiger partial charge in [0.15, 0.2) is 11.6 Å². The molecule has 4 rings (SSSR count). The zero-order chi connectivity index (χ0) is 20.9. The number of rotatable bonds is 4. The first-order chi connectivity index (χ1) is 14.6. The third-order valence-corrected chi connectivity index (χ3v) is 5.97. The number of hydrogen-bond acceptors (Lipinski definition) is 6. The number of nitrogens with one attached hydrogen (secondary N) is 1. The molecule has 0 radical (unpaired) electrons. The Bertz CT molecular complexity index is 824. The van der Waals surface area contributed by atoms with Gasteiger partial charge in [-0.05, 0) is 43.3 Å². The lowest BCUT2D eigenvalue weighted by molar-refractivity contribution is 0.208. The Morgan fingerprint density at radius 3 is 1.87 bits per heavy atom. The molecule has 160 valence electrons. The summed E-state index contributed by atoms with van der Waals surface area (Å²) in [6.07, 6.45) is 0.995. The normalized spacial score (nSPS) is 17.9. The van der Waals surface area contributed by atoms with E-state index in [-0.39, 0.29) is 6.03 Å². The molecule has 1 N–H and O–H groups in total. The molecule has 0 spiro atoms. The Hall–Kier alpha value is -2.87. The predicted octanol–water partition coefficient (Wildman–Crippen LogP) is 2.14. The first-order valence-corrected chi connectivity index (χ1v) is 10.8. The molecule has 0 atom stereocenters. The molecular formula is C22H31N7O. The lowest BCUT2D eigenvalue weighted by Crippen LogP contribution is -2.50. The fraction of sp³-hybridized carbons (Fsp3) is 0.500. The average Bonchev–Trinajstić information content (AvgIpc) is 2.80. The van der Waals surface area contributed by atoms with Crippen molar-refractivity contribution < 1.29 is 4.79 Å². The van der Waals surface area contributed by atoms with Crippen molar-refractivity contribution in [3.05, 3.63) is 42.0 Å². The molecule has 1 aromatic carbocycles. The summed E-state index contributed by atoms with van der Waals surface area (Å²) < 4.78 is 0. The summed E-state index contributed by atoms with van der Waals surface area (Å²) in [6, 6.07) is 12.1. The molecule has 2 aliphatic heterocycles. The Morgan fingerprint density at radius 1 is 0.833 bits per heavy atom. The highest BCUT2D eigenvalue weighted by atomic mass is 16.2. The van der Waals surface area contributed by atoms with Crippen LogP contribution in [0.15, 0.2) is 36.4 Å². The number of urea groups is 1. The van der Waals surface area contributed by atoms with Crippen molar-refractivity contribution in [2.75, 3.05) is 74.5 Å². The Balaban J connectivity index is 1.28. The summed E-state index contributed by atoms with van der Waals surface area (Å²) in [4.78, 5) is 21.2. The van der Waals surface area contributed by atoms with Gasteiger partial charge in [0, 0.05) is 58.0 Å². The molecule has 2 fully saturated rings. The molecule has 2 amide bonds. The molecule has 2 saturated heterocycles. The van der Waals surface area contributed by atoms with Crippen LogP contribution in [0.4, 0.5) is 22.1 Å². The van der Waals surface area contributed by atoms with Crippen LogP contribution in [-0.2, 0) is 6.42 Å². The van der Waals surface area contributed by atoms with Crippen LogP contribution in [0.25, 0.3) is 0 Å². The number of hydrogen-bond donors (Lipinski definition) is 1. The van der Waals surface area contributed by atoms with Gasteiger partial charge >= 0.3 is 6.03 Å². The van der Waals surface area contributed by atoms with Crippen molar-refractivity contribution in [1.82, 2.24) is 20.0 Å². The Kier molecular flexibility index (Phi) is 6.32. The number of piperazine rings is 2. The molecule has 0 aliphatic carbocycles. The number of benzene rings is 1. The largest absolute Gasteiger partial charge is 0.353 e. The molecule has 30 heavy (non-hydrogen) atoms. The van der Waals surface area contributed by atoms with Crippen LogP contribution in [0.3, 0.4) is 0 Å². The van der Waals surface area contributed by atoms with E-state index in [1.54, 1.807) is 0 Å². The van der Waals surface area contributed by atoms with E-state index in [4.69, 9.17) is 0 Å². The molecule has 0 unspecified atom stereocenters. The monoisotopic (exact) mass is 409 g/mol. The quantitative estimate of drug-likeness (QED) is 0.835. The van der Waals surface area contributed by atoms with Crippen LogP contribution in [-0.4, -0.2) is 85.4 Å². The van der Waals surface area contributed by atoms with Gasteiger partial charge < -0.3 is 24.9 Å². The summed E-state index contributed by atoms with van der Waals surface area (Å²) >= 11 is 0. The summed E-state index contributed by atoms with van der Waals surface area (Å²) in [6.45, 7) is 9.04. The first-order valence-electron chi connectivity index (χ1n) is 10.8. The molecule has 1 aromatic heterocycles. The minimum Gasteiger partial charge on any atom is -0.353 e. The van der Waals surface area contributed by atoms with Gasteiger partial charge in [0.05, 0.1) is 0 Å². The number of amides is 2. The number of carbonyl (C=O) groups is 1. The number of likely N-dealkylation sites (N-methyl/N-ethyl adjacent to an activating group) is 1. The molecule has 2 aromatic rings. The summed E-state index contributed by atoms with van der Waals surface area (Å²) in [7, 11) is 2.15. The maximum Gasteiger partial charge on any atom is 0.321 e. The van der Waals surface area contributed by atoms with E-state index in [0.717, 1.165) is 63.0 Å². The highest BCUT2D eigenvalue weighted by molar-refractivity contribution is 5.89. The van der Waals surface area contributed by atoms with Gasteiger partial charge in [-0.2, -0.15) is 0 Å². The third-order valence-electron chi connectivity index (χ3n) is 5.97. The van der Waals surface area contributed by atoms with E-state index in [9.17, 15) is 4.79 Å². The summed E-state index contributed by atoms with van der Waals surface area (Å²) in [5.74, 6) is 1.82. The molecule has 8 nitrogen and oxygen atoms in total. The van der Waals surface area contributed by atoms with Gasteiger partial charge in [-0.3, -0.25) is 0 Å². The van der Waals surface area contributed by atoms with Crippen LogP contribution in [0.5, 0.6) is 0 Å². The average molecular weight is 410 g/mol. The molecule has 8 heteroatoms. The van der Waals surface area contributed by atoms with Crippen molar-refractivity contribution >= 4 is 23.4 Å². The highest BCUT2D eigenvalue weighted by Gasteiger charge is 2.23. The minimum atomic E-state index is -0.0459. The zero-order valence-corrected chi connectivity index (χ0v) is 17.9. The fourth-order valence-corrected chi connectivity index (χ4v) is 3.86. The molecule has 3 heterocycles. The standard InChI is InChI=1S/C22H31N7O/c1-3-18-4-6-19(7-5-18)23-22(30)29-16-14-28(15-17-29)21-9-8-20(24-25-21)27-12-10-26(2)11-13-27/h4-9H,3,10-17H2,1-2H3,(H,23,30). The van der Waals surface area contributed by atoms with Gasteiger partial charge in [0.2, 0.25) is 0 Å². The van der Waals surface area contributed by atoms with E-state index in [0.29, 0.717) is 13.1 Å². The third kappa shape index (κ3) is 4.81. The number of nitrogens with zero attached hydrogens (tertiary/aromatic N) is 6. The number of carbonyl (C=O) groups excluding carboxylic acids is 1. The maximum absolute atomic E-state index is 12.6. The summed E-state index contributed by atoms with van der Waals surface area (Å²) in [5, 5.41) is 11.9.